The standard InChI is InChI=1S/C34H38Cl6N4/c1-17(2)23-13-20(6)14-24(18(3)4)33(23)41-22(8)43-10-9-11-44(16-43)34(42-32-21(7)12-19(5)15-25(32)35)26-27(36)29(38)31(40)30(39)28(26)37/h12-15,17-18H,9-11,16H2,1-8H3. The van der Waals surface area contributed by atoms with Crippen molar-refractivity contribution in [2.75, 3.05) is 19.8 Å². The van der Waals surface area contributed by atoms with Crippen molar-refractivity contribution >= 4 is 92.7 Å². The van der Waals surface area contributed by atoms with Crippen LogP contribution >= 0.6 is 69.6 Å². The van der Waals surface area contributed by atoms with E-state index in [4.69, 9.17) is 79.6 Å². The van der Waals surface area contributed by atoms with Crippen LogP contribution in [0.25, 0.3) is 0 Å². The monoisotopic (exact) mass is 712 g/mol. The average molecular weight is 715 g/mol. The van der Waals surface area contributed by atoms with Crippen molar-refractivity contribution in [2.45, 2.75) is 73.6 Å². The summed E-state index contributed by atoms with van der Waals surface area (Å²) in [5.74, 6) is 2.09. The predicted molar refractivity (Wildman–Crippen MR) is 194 cm³/mol. The van der Waals surface area contributed by atoms with Crippen LogP contribution in [0.2, 0.25) is 30.1 Å². The normalized spacial score (nSPS) is 14.8. The van der Waals surface area contributed by atoms with E-state index in [0.717, 1.165) is 35.6 Å². The second-order valence-corrected chi connectivity index (χ2v) is 14.4. The number of hydrogen-bond acceptors (Lipinski definition) is 2. The molecule has 1 fully saturated rings. The van der Waals surface area contributed by atoms with Crippen molar-refractivity contribution in [1.82, 2.24) is 9.80 Å². The minimum atomic E-state index is 0.0965. The first kappa shape index (κ1) is 35.2. The second kappa shape index (κ2) is 14.4. The fraction of sp³-hybridized carbons (Fsp3) is 0.412. The molecule has 0 saturated carbocycles. The van der Waals surface area contributed by atoms with Crippen molar-refractivity contribution in [2.24, 2.45) is 9.98 Å². The maximum Gasteiger partial charge on any atom is 0.141 e. The van der Waals surface area contributed by atoms with Gasteiger partial charge in [0.25, 0.3) is 0 Å². The number of rotatable bonds is 5. The average Bonchev–Trinajstić information content (AvgIpc) is 2.96. The van der Waals surface area contributed by atoms with Crippen LogP contribution in [-0.2, 0) is 0 Å². The summed E-state index contributed by atoms with van der Waals surface area (Å²) in [7, 11) is 0. The number of halogens is 6. The van der Waals surface area contributed by atoms with Gasteiger partial charge in [-0.05, 0) is 74.3 Å². The minimum absolute atomic E-state index is 0.0965. The first-order valence-corrected chi connectivity index (χ1v) is 17.0. The van der Waals surface area contributed by atoms with Crippen LogP contribution in [0.5, 0.6) is 0 Å². The molecule has 1 aliphatic heterocycles. The van der Waals surface area contributed by atoms with Gasteiger partial charge in [0.1, 0.15) is 11.7 Å². The van der Waals surface area contributed by atoms with Crippen molar-refractivity contribution in [3.63, 3.8) is 0 Å². The molecule has 0 amide bonds. The first-order valence-electron chi connectivity index (χ1n) is 14.7. The fourth-order valence-corrected chi connectivity index (χ4v) is 7.23. The Balaban J connectivity index is 1.86. The highest BCUT2D eigenvalue weighted by Gasteiger charge is 2.30. The topological polar surface area (TPSA) is 31.2 Å². The van der Waals surface area contributed by atoms with E-state index in [1.165, 1.54) is 16.7 Å². The molecular formula is C34H38Cl6N4. The van der Waals surface area contributed by atoms with E-state index in [9.17, 15) is 0 Å². The number of aliphatic imine (C=N–C) groups is 2. The quantitative estimate of drug-likeness (QED) is 0.114. The van der Waals surface area contributed by atoms with Crippen LogP contribution in [0.3, 0.4) is 0 Å². The summed E-state index contributed by atoms with van der Waals surface area (Å²) in [4.78, 5) is 14.7. The second-order valence-electron chi connectivity index (χ2n) is 12.1. The predicted octanol–water partition coefficient (Wildman–Crippen LogP) is 12.6. The third kappa shape index (κ3) is 7.32. The lowest BCUT2D eigenvalue weighted by Crippen LogP contribution is -2.49. The van der Waals surface area contributed by atoms with Crippen LogP contribution in [0.1, 0.15) is 86.3 Å². The molecule has 1 saturated heterocycles. The highest BCUT2D eigenvalue weighted by Crippen LogP contribution is 2.45. The molecule has 4 rings (SSSR count). The van der Waals surface area contributed by atoms with Crippen LogP contribution in [0.4, 0.5) is 11.4 Å². The summed E-state index contributed by atoms with van der Waals surface area (Å²) in [6, 6.07) is 8.42. The van der Waals surface area contributed by atoms with E-state index in [2.05, 4.69) is 63.5 Å². The van der Waals surface area contributed by atoms with Crippen LogP contribution < -0.4 is 0 Å². The number of aryl methyl sites for hydroxylation is 3. The molecule has 1 aliphatic rings. The van der Waals surface area contributed by atoms with Gasteiger partial charge in [0.15, 0.2) is 0 Å². The molecule has 0 unspecified atom stereocenters. The molecule has 0 atom stereocenters. The van der Waals surface area contributed by atoms with E-state index in [-0.39, 0.29) is 25.1 Å². The number of benzene rings is 3. The highest BCUT2D eigenvalue weighted by atomic mass is 35.5. The van der Waals surface area contributed by atoms with Gasteiger partial charge in [-0.3, -0.25) is 0 Å². The molecule has 10 heteroatoms. The first-order chi connectivity index (χ1) is 20.6. The van der Waals surface area contributed by atoms with Gasteiger partial charge in [-0.1, -0.05) is 121 Å². The van der Waals surface area contributed by atoms with Crippen molar-refractivity contribution < 1.29 is 0 Å². The zero-order valence-electron chi connectivity index (χ0n) is 26.3. The maximum absolute atomic E-state index is 6.84. The zero-order chi connectivity index (χ0) is 32.6. The summed E-state index contributed by atoms with van der Waals surface area (Å²) in [6.07, 6.45) is 0.846. The molecular weight excluding hydrogens is 677 g/mol. The third-order valence-corrected chi connectivity index (χ3v) is 10.4. The molecule has 1 heterocycles. The van der Waals surface area contributed by atoms with Crippen molar-refractivity contribution in [3.05, 3.63) is 87.8 Å². The summed E-state index contributed by atoms with van der Waals surface area (Å²) in [6.45, 7) is 19.0. The summed E-state index contributed by atoms with van der Waals surface area (Å²) < 4.78 is 0. The molecule has 3 aromatic rings. The van der Waals surface area contributed by atoms with Gasteiger partial charge >= 0.3 is 0 Å². The minimum Gasteiger partial charge on any atom is -0.342 e. The smallest absolute Gasteiger partial charge is 0.141 e. The van der Waals surface area contributed by atoms with Gasteiger partial charge in [-0.2, -0.15) is 0 Å². The van der Waals surface area contributed by atoms with E-state index in [1.54, 1.807) is 0 Å². The Morgan fingerprint density at radius 2 is 1.16 bits per heavy atom. The van der Waals surface area contributed by atoms with Gasteiger partial charge in [0.2, 0.25) is 0 Å². The Hall–Kier alpha value is -1.66. The molecule has 0 bridgehead atoms. The van der Waals surface area contributed by atoms with Crippen molar-refractivity contribution in [1.29, 1.82) is 0 Å². The van der Waals surface area contributed by atoms with E-state index in [1.807, 2.05) is 26.0 Å². The van der Waals surface area contributed by atoms with E-state index in [0.29, 0.717) is 47.2 Å². The molecule has 0 N–H and O–H groups in total. The van der Waals surface area contributed by atoms with Gasteiger partial charge in [-0.15, -0.1) is 0 Å². The number of amidine groups is 2. The molecule has 236 valence electrons. The Bertz CT molecular complexity index is 1560. The Labute approximate surface area is 292 Å². The summed E-state index contributed by atoms with van der Waals surface area (Å²) in [5, 5.41) is 1.20. The summed E-state index contributed by atoms with van der Waals surface area (Å²) >= 11 is 39.9. The maximum atomic E-state index is 6.84. The zero-order valence-corrected chi connectivity index (χ0v) is 30.9. The van der Waals surface area contributed by atoms with Crippen LogP contribution in [-0.4, -0.2) is 41.2 Å². The molecule has 0 spiro atoms. The lowest BCUT2D eigenvalue weighted by molar-refractivity contribution is 0.213. The van der Waals surface area contributed by atoms with E-state index < -0.39 is 0 Å². The fourth-order valence-electron chi connectivity index (χ4n) is 5.56. The van der Waals surface area contributed by atoms with Gasteiger partial charge < -0.3 is 9.80 Å². The molecule has 4 nitrogen and oxygen atoms in total. The third-order valence-electron chi connectivity index (χ3n) is 7.83. The molecule has 0 radical (unpaired) electrons. The van der Waals surface area contributed by atoms with Crippen LogP contribution in [0, 0.1) is 20.8 Å². The lowest BCUT2D eigenvalue weighted by Gasteiger charge is -2.39. The van der Waals surface area contributed by atoms with E-state index >= 15 is 0 Å². The highest BCUT2D eigenvalue weighted by molar-refractivity contribution is 6.56. The van der Waals surface area contributed by atoms with Gasteiger partial charge in [0, 0.05) is 13.1 Å². The Morgan fingerprint density at radius 3 is 1.68 bits per heavy atom. The largest absolute Gasteiger partial charge is 0.342 e. The van der Waals surface area contributed by atoms with Crippen molar-refractivity contribution in [3.8, 4) is 0 Å². The van der Waals surface area contributed by atoms with Crippen LogP contribution in [0.15, 0.2) is 34.3 Å². The molecule has 0 aromatic heterocycles. The lowest BCUT2D eigenvalue weighted by atomic mass is 9.91. The van der Waals surface area contributed by atoms with Gasteiger partial charge in [0.05, 0.1) is 53.7 Å². The molecule has 0 aliphatic carbocycles. The molecule has 44 heavy (non-hydrogen) atoms. The Kier molecular flexibility index (Phi) is 11.5. The SMILES string of the molecule is CC(=Nc1c(C(C)C)cc(C)cc1C(C)C)N1CCCN(C(=Nc2c(C)cc(C)cc2Cl)c2c(Cl)c(Cl)c(Cl)c(Cl)c2Cl)C1. The van der Waals surface area contributed by atoms with Gasteiger partial charge in [-0.25, -0.2) is 9.98 Å². The number of hydrogen-bond donors (Lipinski definition) is 0. The summed E-state index contributed by atoms with van der Waals surface area (Å²) in [5.41, 5.74) is 7.77. The molecule has 3 aromatic carbocycles. The number of nitrogens with zero attached hydrogens (tertiary/aromatic N) is 4. The Morgan fingerprint density at radius 1 is 0.659 bits per heavy atom.